The van der Waals surface area contributed by atoms with Gasteiger partial charge in [0.1, 0.15) is 5.70 Å². The van der Waals surface area contributed by atoms with Gasteiger partial charge in [0.2, 0.25) is 0 Å². The zero-order valence-corrected chi connectivity index (χ0v) is 16.9. The first-order valence-electron chi connectivity index (χ1n) is 9.59. The molecule has 7 heteroatoms. The van der Waals surface area contributed by atoms with E-state index in [1.807, 2.05) is 0 Å². The van der Waals surface area contributed by atoms with Gasteiger partial charge in [-0.2, -0.15) is 0 Å². The molecule has 0 aliphatic carbocycles. The molecule has 0 bridgehead atoms. The second-order valence-electron chi connectivity index (χ2n) is 7.08. The fourth-order valence-corrected chi connectivity index (χ4v) is 3.23. The van der Waals surface area contributed by atoms with Crippen LogP contribution in [0.3, 0.4) is 0 Å². The molecule has 0 unspecified atom stereocenters. The van der Waals surface area contributed by atoms with E-state index < -0.39 is 5.91 Å². The second kappa shape index (κ2) is 9.32. The standard InChI is InChI=1S/C22H26N2O5/c1-15-8-10-24(11-9-15)22(26)17(23-21(25)19-5-4-12-29-19)13-16-6-7-18(27-2)20(14-16)28-3/h4-7,12-15H,8-11H2,1-3H3,(H,23,25)/b17-13-. The summed E-state index contributed by atoms with van der Waals surface area (Å²) in [6.07, 6.45) is 4.95. The number of hydrogen-bond acceptors (Lipinski definition) is 5. The van der Waals surface area contributed by atoms with Crippen molar-refractivity contribution in [3.63, 3.8) is 0 Å². The van der Waals surface area contributed by atoms with Gasteiger partial charge in [0.25, 0.3) is 11.8 Å². The third-order valence-electron chi connectivity index (χ3n) is 5.01. The maximum absolute atomic E-state index is 13.1. The first kappa shape index (κ1) is 20.5. The maximum Gasteiger partial charge on any atom is 0.291 e. The normalized spacial score (nSPS) is 15.1. The molecule has 7 nitrogen and oxygen atoms in total. The highest BCUT2D eigenvalue weighted by molar-refractivity contribution is 6.04. The number of rotatable bonds is 6. The van der Waals surface area contributed by atoms with Crippen LogP contribution in [0, 0.1) is 5.92 Å². The Bertz CT molecular complexity index is 881. The van der Waals surface area contributed by atoms with Crippen molar-refractivity contribution in [3.05, 3.63) is 53.6 Å². The average molecular weight is 398 g/mol. The molecule has 0 radical (unpaired) electrons. The Kier molecular flexibility index (Phi) is 6.59. The average Bonchev–Trinajstić information content (AvgIpc) is 3.28. The number of likely N-dealkylation sites (tertiary alicyclic amines) is 1. The van der Waals surface area contributed by atoms with Crippen molar-refractivity contribution in [3.8, 4) is 11.5 Å². The summed E-state index contributed by atoms with van der Waals surface area (Å²) in [5, 5.41) is 2.71. The number of amides is 2. The molecule has 1 N–H and O–H groups in total. The second-order valence-corrected chi connectivity index (χ2v) is 7.08. The first-order chi connectivity index (χ1) is 14.0. The van der Waals surface area contributed by atoms with Crippen LogP contribution >= 0.6 is 0 Å². The molecule has 2 aromatic rings. The lowest BCUT2D eigenvalue weighted by atomic mass is 9.99. The highest BCUT2D eigenvalue weighted by Gasteiger charge is 2.25. The summed E-state index contributed by atoms with van der Waals surface area (Å²) in [6.45, 7) is 3.51. The van der Waals surface area contributed by atoms with E-state index in [1.165, 1.54) is 6.26 Å². The minimum atomic E-state index is -0.472. The van der Waals surface area contributed by atoms with Gasteiger partial charge in [0.05, 0.1) is 20.5 Å². The lowest BCUT2D eigenvalue weighted by Gasteiger charge is -2.31. The molecule has 0 atom stereocenters. The summed E-state index contributed by atoms with van der Waals surface area (Å²) in [5.74, 6) is 1.17. The highest BCUT2D eigenvalue weighted by Crippen LogP contribution is 2.28. The van der Waals surface area contributed by atoms with Crippen molar-refractivity contribution in [2.24, 2.45) is 5.92 Å². The van der Waals surface area contributed by atoms with Crippen LogP contribution in [0.2, 0.25) is 0 Å². The molecule has 1 fully saturated rings. The first-order valence-corrected chi connectivity index (χ1v) is 9.59. The molecular weight excluding hydrogens is 372 g/mol. The molecule has 0 saturated carbocycles. The van der Waals surface area contributed by atoms with Crippen molar-refractivity contribution in [1.82, 2.24) is 10.2 Å². The SMILES string of the molecule is COc1ccc(/C=C(\NC(=O)c2ccco2)C(=O)N2CCC(C)CC2)cc1OC. The Labute approximate surface area is 170 Å². The van der Waals surface area contributed by atoms with Crippen LogP contribution in [0.25, 0.3) is 6.08 Å². The molecule has 1 aromatic carbocycles. The predicted octanol–water partition coefficient (Wildman–Crippen LogP) is 3.33. The highest BCUT2D eigenvalue weighted by atomic mass is 16.5. The van der Waals surface area contributed by atoms with Gasteiger partial charge in [0.15, 0.2) is 17.3 Å². The molecule has 0 spiro atoms. The van der Waals surface area contributed by atoms with E-state index >= 15 is 0 Å². The Morgan fingerprint density at radius 1 is 1.14 bits per heavy atom. The smallest absolute Gasteiger partial charge is 0.291 e. The van der Waals surface area contributed by atoms with Gasteiger partial charge in [0, 0.05) is 13.1 Å². The molecule has 2 amide bonds. The summed E-state index contributed by atoms with van der Waals surface area (Å²) in [6, 6.07) is 8.48. The van der Waals surface area contributed by atoms with Gasteiger partial charge in [-0.3, -0.25) is 9.59 Å². The molecule has 2 heterocycles. The van der Waals surface area contributed by atoms with Gasteiger partial charge < -0.3 is 24.1 Å². The van der Waals surface area contributed by atoms with Gasteiger partial charge in [-0.05, 0) is 54.7 Å². The van der Waals surface area contributed by atoms with Crippen molar-refractivity contribution in [2.75, 3.05) is 27.3 Å². The monoisotopic (exact) mass is 398 g/mol. The van der Waals surface area contributed by atoms with E-state index in [0.717, 1.165) is 12.8 Å². The summed E-state index contributed by atoms with van der Waals surface area (Å²) in [5.41, 5.74) is 0.893. The number of methoxy groups -OCH3 is 2. The molecule has 1 aliphatic heterocycles. The Hall–Kier alpha value is -3.22. The van der Waals surface area contributed by atoms with Gasteiger partial charge >= 0.3 is 0 Å². The molecule has 1 saturated heterocycles. The number of nitrogens with zero attached hydrogens (tertiary/aromatic N) is 1. The van der Waals surface area contributed by atoms with E-state index in [2.05, 4.69) is 12.2 Å². The molecule has 154 valence electrons. The minimum absolute atomic E-state index is 0.142. The van der Waals surface area contributed by atoms with E-state index in [1.54, 1.807) is 55.5 Å². The topological polar surface area (TPSA) is 81.0 Å². The zero-order chi connectivity index (χ0) is 20.8. The lowest BCUT2D eigenvalue weighted by molar-refractivity contribution is -0.128. The van der Waals surface area contributed by atoms with Crippen LogP contribution in [-0.4, -0.2) is 44.0 Å². The Balaban J connectivity index is 1.90. The molecule has 1 aliphatic rings. The van der Waals surface area contributed by atoms with E-state index in [4.69, 9.17) is 13.9 Å². The predicted molar refractivity (Wildman–Crippen MR) is 109 cm³/mol. The van der Waals surface area contributed by atoms with Crippen LogP contribution < -0.4 is 14.8 Å². The number of piperidine rings is 1. The number of benzene rings is 1. The number of hydrogen-bond donors (Lipinski definition) is 1. The summed E-state index contributed by atoms with van der Waals surface area (Å²) >= 11 is 0. The van der Waals surface area contributed by atoms with Gasteiger partial charge in [-0.25, -0.2) is 0 Å². The third kappa shape index (κ3) is 4.99. The maximum atomic E-state index is 13.1. The van der Waals surface area contributed by atoms with Gasteiger partial charge in [-0.15, -0.1) is 0 Å². The van der Waals surface area contributed by atoms with Crippen LogP contribution in [0.4, 0.5) is 0 Å². The molecular formula is C22H26N2O5. The van der Waals surface area contributed by atoms with Crippen molar-refractivity contribution in [2.45, 2.75) is 19.8 Å². The number of ether oxygens (including phenoxy) is 2. The third-order valence-corrected chi connectivity index (χ3v) is 5.01. The van der Waals surface area contributed by atoms with Gasteiger partial charge in [-0.1, -0.05) is 13.0 Å². The van der Waals surface area contributed by atoms with Crippen LogP contribution in [-0.2, 0) is 4.79 Å². The largest absolute Gasteiger partial charge is 0.493 e. The zero-order valence-electron chi connectivity index (χ0n) is 16.9. The van der Waals surface area contributed by atoms with Crippen molar-refractivity contribution >= 4 is 17.9 Å². The summed E-state index contributed by atoms with van der Waals surface area (Å²) in [7, 11) is 3.11. The quantitative estimate of drug-likeness (QED) is 0.755. The number of carbonyl (C=O) groups excluding carboxylic acids is 2. The molecule has 1 aromatic heterocycles. The van der Waals surface area contributed by atoms with E-state index in [9.17, 15) is 9.59 Å². The van der Waals surface area contributed by atoms with Crippen LogP contribution in [0.1, 0.15) is 35.9 Å². The molecule has 3 rings (SSSR count). The lowest BCUT2D eigenvalue weighted by Crippen LogP contribution is -2.42. The minimum Gasteiger partial charge on any atom is -0.493 e. The fraction of sp³-hybridized carbons (Fsp3) is 0.364. The van der Waals surface area contributed by atoms with Crippen LogP contribution in [0.15, 0.2) is 46.7 Å². The summed E-state index contributed by atoms with van der Waals surface area (Å²) < 4.78 is 15.7. The molecule has 29 heavy (non-hydrogen) atoms. The van der Waals surface area contributed by atoms with E-state index in [0.29, 0.717) is 36.1 Å². The number of nitrogens with one attached hydrogen (secondary N) is 1. The van der Waals surface area contributed by atoms with E-state index in [-0.39, 0.29) is 17.4 Å². The fourth-order valence-electron chi connectivity index (χ4n) is 3.23. The number of carbonyl (C=O) groups is 2. The van der Waals surface area contributed by atoms with Crippen LogP contribution in [0.5, 0.6) is 11.5 Å². The van der Waals surface area contributed by atoms with Crippen molar-refractivity contribution < 1.29 is 23.5 Å². The van der Waals surface area contributed by atoms with Crippen molar-refractivity contribution in [1.29, 1.82) is 0 Å². The Morgan fingerprint density at radius 2 is 1.86 bits per heavy atom. The Morgan fingerprint density at radius 3 is 2.48 bits per heavy atom. The number of furan rings is 1. The summed E-state index contributed by atoms with van der Waals surface area (Å²) in [4.78, 5) is 27.4.